The summed E-state index contributed by atoms with van der Waals surface area (Å²) in [6.07, 6.45) is 0.480. The van der Waals surface area contributed by atoms with Gasteiger partial charge in [-0.05, 0) is 49.4 Å². The van der Waals surface area contributed by atoms with E-state index in [2.05, 4.69) is 22.2 Å². The van der Waals surface area contributed by atoms with Gasteiger partial charge in [0.15, 0.2) is 0 Å². The average Bonchev–Trinajstić information content (AvgIpc) is 2.73. The number of nitrogens with one attached hydrogen (secondary N) is 1. The minimum Gasteiger partial charge on any atom is -0.497 e. The number of nitrogens with zero attached hydrogens (tertiary/aromatic N) is 3. The molecule has 2 aromatic rings. The molecule has 1 saturated heterocycles. The van der Waals surface area contributed by atoms with Gasteiger partial charge in [-0.2, -0.15) is 0 Å². The number of rotatable bonds is 4. The molecule has 1 N–H and O–H groups in total. The number of likely N-dealkylation sites (N-methyl/N-ethyl adjacent to an activating group) is 1. The van der Waals surface area contributed by atoms with E-state index < -0.39 is 0 Å². The average molecular weight is 396 g/mol. The SMILES string of the molecule is COc1ccc(NC(=O)[C@@H]2Cc3cc([N+](=O)[O-])ccc3N3CCN(C)C[C@@H]23)cc1. The molecule has 1 fully saturated rings. The highest BCUT2D eigenvalue weighted by molar-refractivity contribution is 5.94. The lowest BCUT2D eigenvalue weighted by Gasteiger charge is -2.48. The number of piperazine rings is 1. The summed E-state index contributed by atoms with van der Waals surface area (Å²) < 4.78 is 5.16. The third-order valence-electron chi connectivity index (χ3n) is 5.80. The monoisotopic (exact) mass is 396 g/mol. The predicted octanol–water partition coefficient (Wildman–Crippen LogP) is 2.53. The summed E-state index contributed by atoms with van der Waals surface area (Å²) in [5, 5.41) is 14.2. The minimum absolute atomic E-state index is 0.0287. The summed E-state index contributed by atoms with van der Waals surface area (Å²) in [7, 11) is 3.65. The first-order valence-electron chi connectivity index (χ1n) is 9.63. The Morgan fingerprint density at radius 2 is 1.97 bits per heavy atom. The van der Waals surface area contributed by atoms with Gasteiger partial charge < -0.3 is 19.9 Å². The standard InChI is InChI=1S/C21H24N4O4/c1-23-9-10-24-19-8-5-16(25(27)28)11-14(19)12-18(20(24)13-23)21(26)22-15-3-6-17(29-2)7-4-15/h3-8,11,18,20H,9-10,12-13H2,1-2H3,(H,22,26)/t18-,20+/m1/s1. The third-order valence-corrected chi connectivity index (χ3v) is 5.80. The largest absolute Gasteiger partial charge is 0.497 e. The molecule has 2 aromatic carbocycles. The maximum absolute atomic E-state index is 13.2. The molecule has 2 aliphatic rings. The van der Waals surface area contributed by atoms with Crippen molar-refractivity contribution < 1.29 is 14.5 Å². The molecular weight excluding hydrogens is 372 g/mol. The van der Waals surface area contributed by atoms with Gasteiger partial charge in [0.1, 0.15) is 5.75 Å². The fourth-order valence-corrected chi connectivity index (χ4v) is 4.28. The van der Waals surface area contributed by atoms with Crippen molar-refractivity contribution in [2.45, 2.75) is 12.5 Å². The van der Waals surface area contributed by atoms with Crippen molar-refractivity contribution in [3.63, 3.8) is 0 Å². The Hall–Kier alpha value is -3.13. The lowest BCUT2D eigenvalue weighted by atomic mass is 9.83. The molecule has 0 spiro atoms. The number of carbonyl (C=O) groups excluding carboxylic acids is 1. The van der Waals surface area contributed by atoms with Gasteiger partial charge in [0, 0.05) is 43.1 Å². The molecule has 0 aliphatic carbocycles. The number of carbonyl (C=O) groups is 1. The molecule has 8 heteroatoms. The predicted molar refractivity (Wildman–Crippen MR) is 111 cm³/mol. The van der Waals surface area contributed by atoms with E-state index in [9.17, 15) is 14.9 Å². The molecule has 2 aliphatic heterocycles. The van der Waals surface area contributed by atoms with Gasteiger partial charge in [-0.1, -0.05) is 0 Å². The molecule has 0 aromatic heterocycles. The molecule has 2 atom stereocenters. The van der Waals surface area contributed by atoms with Crippen LogP contribution in [0.2, 0.25) is 0 Å². The fourth-order valence-electron chi connectivity index (χ4n) is 4.28. The van der Waals surface area contributed by atoms with Gasteiger partial charge in [0.05, 0.1) is 24.0 Å². The number of benzene rings is 2. The number of hydrogen-bond acceptors (Lipinski definition) is 6. The second-order valence-electron chi connectivity index (χ2n) is 7.62. The van der Waals surface area contributed by atoms with Crippen LogP contribution in [0.1, 0.15) is 5.56 Å². The first-order valence-corrected chi connectivity index (χ1v) is 9.63. The summed E-state index contributed by atoms with van der Waals surface area (Å²) in [5.41, 5.74) is 2.62. The molecular formula is C21H24N4O4. The summed E-state index contributed by atoms with van der Waals surface area (Å²) in [4.78, 5) is 28.5. The molecule has 2 heterocycles. The lowest BCUT2D eigenvalue weighted by molar-refractivity contribution is -0.384. The summed E-state index contributed by atoms with van der Waals surface area (Å²) in [5.74, 6) is 0.356. The van der Waals surface area contributed by atoms with Crippen molar-refractivity contribution in [1.29, 1.82) is 0 Å². The van der Waals surface area contributed by atoms with Crippen LogP contribution in [0.4, 0.5) is 17.1 Å². The summed E-state index contributed by atoms with van der Waals surface area (Å²) in [6, 6.07) is 12.2. The minimum atomic E-state index is -0.386. The molecule has 152 valence electrons. The van der Waals surface area contributed by atoms with Crippen LogP contribution in [0.5, 0.6) is 5.75 Å². The molecule has 29 heavy (non-hydrogen) atoms. The highest BCUT2D eigenvalue weighted by Crippen LogP contribution is 2.38. The van der Waals surface area contributed by atoms with Gasteiger partial charge in [-0.3, -0.25) is 14.9 Å². The molecule has 0 bridgehead atoms. The molecule has 8 nitrogen and oxygen atoms in total. The number of methoxy groups -OCH3 is 1. The fraction of sp³-hybridized carbons (Fsp3) is 0.381. The van der Waals surface area contributed by atoms with Gasteiger partial charge in [0.25, 0.3) is 5.69 Å². The Morgan fingerprint density at radius 1 is 1.21 bits per heavy atom. The number of fused-ring (bicyclic) bond motifs is 3. The zero-order valence-electron chi connectivity index (χ0n) is 16.5. The second kappa shape index (κ2) is 7.71. The Balaban J connectivity index is 1.63. The van der Waals surface area contributed by atoms with Crippen LogP contribution in [-0.2, 0) is 11.2 Å². The lowest BCUT2D eigenvalue weighted by Crippen LogP contribution is -2.59. The van der Waals surface area contributed by atoms with Crippen LogP contribution in [0, 0.1) is 16.0 Å². The maximum atomic E-state index is 13.2. The van der Waals surface area contributed by atoms with Crippen LogP contribution < -0.4 is 15.0 Å². The van der Waals surface area contributed by atoms with Gasteiger partial charge in [0.2, 0.25) is 5.91 Å². The Morgan fingerprint density at radius 3 is 2.66 bits per heavy atom. The normalized spacial score (nSPS) is 21.1. The van der Waals surface area contributed by atoms with Crippen LogP contribution >= 0.6 is 0 Å². The highest BCUT2D eigenvalue weighted by Gasteiger charge is 2.41. The number of ether oxygens (including phenoxy) is 1. The molecule has 0 unspecified atom stereocenters. The van der Waals surface area contributed by atoms with E-state index in [1.165, 1.54) is 0 Å². The van der Waals surface area contributed by atoms with E-state index in [4.69, 9.17) is 4.74 Å². The number of anilines is 2. The molecule has 0 radical (unpaired) electrons. The van der Waals surface area contributed by atoms with Gasteiger partial charge >= 0.3 is 0 Å². The van der Waals surface area contributed by atoms with E-state index in [0.717, 1.165) is 36.6 Å². The molecule has 0 saturated carbocycles. The van der Waals surface area contributed by atoms with Crippen molar-refractivity contribution in [2.75, 3.05) is 44.0 Å². The number of nitro groups is 1. The Labute approximate surface area is 169 Å². The Bertz CT molecular complexity index is 931. The molecule has 1 amide bonds. The van der Waals surface area contributed by atoms with E-state index in [1.54, 1.807) is 31.4 Å². The topological polar surface area (TPSA) is 87.9 Å². The van der Waals surface area contributed by atoms with Crippen LogP contribution in [0.3, 0.4) is 0 Å². The first kappa shape index (κ1) is 19.2. The van der Waals surface area contributed by atoms with Crippen molar-refractivity contribution in [1.82, 2.24) is 4.90 Å². The van der Waals surface area contributed by atoms with Crippen molar-refractivity contribution >= 4 is 23.0 Å². The number of nitro benzene ring substituents is 1. The first-order chi connectivity index (χ1) is 14.0. The number of hydrogen-bond donors (Lipinski definition) is 1. The zero-order chi connectivity index (χ0) is 20.5. The van der Waals surface area contributed by atoms with Gasteiger partial charge in [-0.15, -0.1) is 0 Å². The smallest absolute Gasteiger partial charge is 0.269 e. The zero-order valence-corrected chi connectivity index (χ0v) is 16.5. The van der Waals surface area contributed by atoms with Crippen LogP contribution in [0.15, 0.2) is 42.5 Å². The van der Waals surface area contributed by atoms with Crippen molar-refractivity contribution in [2.24, 2.45) is 5.92 Å². The maximum Gasteiger partial charge on any atom is 0.269 e. The van der Waals surface area contributed by atoms with Gasteiger partial charge in [-0.25, -0.2) is 0 Å². The third kappa shape index (κ3) is 3.75. The van der Waals surface area contributed by atoms with Crippen LogP contribution in [0.25, 0.3) is 0 Å². The number of non-ortho nitro benzene ring substituents is 1. The van der Waals surface area contributed by atoms with E-state index >= 15 is 0 Å². The quantitative estimate of drug-likeness (QED) is 0.631. The Kier molecular flexibility index (Phi) is 5.10. The van der Waals surface area contributed by atoms with Crippen LogP contribution in [-0.4, -0.2) is 55.6 Å². The van der Waals surface area contributed by atoms with E-state index in [1.807, 2.05) is 18.2 Å². The van der Waals surface area contributed by atoms with Crippen molar-refractivity contribution in [3.8, 4) is 5.75 Å². The summed E-state index contributed by atoms with van der Waals surface area (Å²) >= 11 is 0. The van der Waals surface area contributed by atoms with Crippen molar-refractivity contribution in [3.05, 3.63) is 58.1 Å². The highest BCUT2D eigenvalue weighted by atomic mass is 16.6. The van der Waals surface area contributed by atoms with E-state index in [0.29, 0.717) is 12.1 Å². The number of amides is 1. The summed E-state index contributed by atoms with van der Waals surface area (Å²) in [6.45, 7) is 2.45. The molecule has 4 rings (SSSR count). The second-order valence-corrected chi connectivity index (χ2v) is 7.62. The van der Waals surface area contributed by atoms with E-state index in [-0.39, 0.29) is 28.5 Å².